The molecule has 0 spiro atoms. The maximum Gasteiger partial charge on any atom is 0.146 e. The molecule has 0 radical (unpaired) electrons. The Bertz CT molecular complexity index is 575. The van der Waals surface area contributed by atoms with Crippen LogP contribution in [0.1, 0.15) is 30.8 Å². The van der Waals surface area contributed by atoms with Crippen molar-refractivity contribution in [3.05, 3.63) is 47.5 Å². The molecule has 0 aliphatic heterocycles. The van der Waals surface area contributed by atoms with Gasteiger partial charge in [-0.25, -0.2) is 4.98 Å². The number of nitrogens with one attached hydrogen (secondary N) is 1. The second-order valence-electron chi connectivity index (χ2n) is 5.88. The van der Waals surface area contributed by atoms with E-state index < -0.39 is 0 Å². The number of aryl methyl sites for hydroxylation is 2. The van der Waals surface area contributed by atoms with E-state index in [-0.39, 0.29) is 0 Å². The fraction of sp³-hybridized carbons (Fsp3) is 0.471. The van der Waals surface area contributed by atoms with E-state index in [1.165, 1.54) is 11.1 Å². The molecule has 0 fully saturated rings. The molecule has 0 unspecified atom stereocenters. The minimum atomic E-state index is 0.490. The summed E-state index contributed by atoms with van der Waals surface area (Å²) < 4.78 is 7.93. The summed E-state index contributed by atoms with van der Waals surface area (Å²) in [7, 11) is 1.98. The normalized spacial score (nSPS) is 11.1. The molecule has 0 saturated heterocycles. The van der Waals surface area contributed by atoms with Gasteiger partial charge in [0.1, 0.15) is 18.2 Å². The first-order valence-electron chi connectivity index (χ1n) is 7.45. The number of hydrogen-bond acceptors (Lipinski definition) is 3. The molecule has 2 rings (SSSR count). The van der Waals surface area contributed by atoms with E-state index in [1.54, 1.807) is 6.20 Å². The van der Waals surface area contributed by atoms with Crippen LogP contribution in [0.2, 0.25) is 0 Å². The standard InChI is InChI=1S/C17H25N3O/c1-13(2)10-18-11-15-9-14(3)5-6-16(15)21-12-17-19-7-8-20(17)4/h5-9,13,18H,10-12H2,1-4H3. The number of rotatable bonds is 7. The van der Waals surface area contributed by atoms with E-state index in [0.717, 1.165) is 24.7 Å². The second-order valence-corrected chi connectivity index (χ2v) is 5.88. The molecular formula is C17H25N3O. The van der Waals surface area contributed by atoms with Crippen molar-refractivity contribution in [2.45, 2.75) is 33.9 Å². The van der Waals surface area contributed by atoms with Crippen LogP contribution in [0.3, 0.4) is 0 Å². The number of imidazole rings is 1. The van der Waals surface area contributed by atoms with Crippen molar-refractivity contribution in [2.24, 2.45) is 13.0 Å². The molecule has 1 aromatic carbocycles. The summed E-state index contributed by atoms with van der Waals surface area (Å²) in [5.74, 6) is 2.50. The smallest absolute Gasteiger partial charge is 0.146 e. The Morgan fingerprint density at radius 2 is 2.14 bits per heavy atom. The van der Waals surface area contributed by atoms with Gasteiger partial charge in [-0.1, -0.05) is 31.5 Å². The van der Waals surface area contributed by atoms with Gasteiger partial charge < -0.3 is 14.6 Å². The van der Waals surface area contributed by atoms with Crippen molar-refractivity contribution < 1.29 is 4.74 Å². The van der Waals surface area contributed by atoms with Crippen LogP contribution >= 0.6 is 0 Å². The monoisotopic (exact) mass is 287 g/mol. The molecule has 4 nitrogen and oxygen atoms in total. The summed E-state index contributed by atoms with van der Waals surface area (Å²) in [6, 6.07) is 6.31. The van der Waals surface area contributed by atoms with Gasteiger partial charge in [-0.15, -0.1) is 0 Å². The Morgan fingerprint density at radius 1 is 1.33 bits per heavy atom. The van der Waals surface area contributed by atoms with Crippen LogP contribution in [0.5, 0.6) is 5.75 Å². The maximum atomic E-state index is 5.95. The van der Waals surface area contributed by atoms with Crippen molar-refractivity contribution in [3.63, 3.8) is 0 Å². The zero-order valence-electron chi connectivity index (χ0n) is 13.4. The highest BCUT2D eigenvalue weighted by atomic mass is 16.5. The predicted molar refractivity (Wildman–Crippen MR) is 85.3 cm³/mol. The lowest BCUT2D eigenvalue weighted by atomic mass is 10.1. The molecule has 1 heterocycles. The molecule has 2 aromatic rings. The fourth-order valence-corrected chi connectivity index (χ4v) is 2.16. The minimum Gasteiger partial charge on any atom is -0.485 e. The van der Waals surface area contributed by atoms with Gasteiger partial charge in [-0.05, 0) is 25.5 Å². The quantitative estimate of drug-likeness (QED) is 0.850. The van der Waals surface area contributed by atoms with E-state index in [0.29, 0.717) is 12.5 Å². The van der Waals surface area contributed by atoms with Crippen LogP contribution in [-0.4, -0.2) is 16.1 Å². The van der Waals surface area contributed by atoms with E-state index in [9.17, 15) is 0 Å². The van der Waals surface area contributed by atoms with Gasteiger partial charge >= 0.3 is 0 Å². The van der Waals surface area contributed by atoms with Gasteiger partial charge in [0.15, 0.2) is 0 Å². The van der Waals surface area contributed by atoms with Gasteiger partial charge in [-0.3, -0.25) is 0 Å². The van der Waals surface area contributed by atoms with E-state index in [2.05, 4.69) is 43.2 Å². The summed E-state index contributed by atoms with van der Waals surface area (Å²) in [6.45, 7) is 8.85. The Kier molecular flexibility index (Phi) is 5.39. The number of hydrogen-bond donors (Lipinski definition) is 1. The van der Waals surface area contributed by atoms with Crippen LogP contribution in [-0.2, 0) is 20.2 Å². The highest BCUT2D eigenvalue weighted by Gasteiger charge is 2.07. The van der Waals surface area contributed by atoms with E-state index in [1.807, 2.05) is 23.9 Å². The average molecular weight is 287 g/mol. The molecule has 1 N–H and O–H groups in total. The Balaban J connectivity index is 2.02. The molecule has 0 bridgehead atoms. The zero-order chi connectivity index (χ0) is 15.2. The van der Waals surface area contributed by atoms with Gasteiger partial charge in [0.05, 0.1) is 0 Å². The zero-order valence-corrected chi connectivity index (χ0v) is 13.4. The summed E-state index contributed by atoms with van der Waals surface area (Å²) >= 11 is 0. The van der Waals surface area contributed by atoms with Crippen LogP contribution in [0.25, 0.3) is 0 Å². The van der Waals surface area contributed by atoms with Gasteiger partial charge in [0, 0.05) is 31.5 Å². The third kappa shape index (κ3) is 4.60. The minimum absolute atomic E-state index is 0.490. The first-order chi connectivity index (χ1) is 10.1. The van der Waals surface area contributed by atoms with Crippen LogP contribution in [0, 0.1) is 12.8 Å². The molecule has 21 heavy (non-hydrogen) atoms. The Hall–Kier alpha value is -1.81. The first-order valence-corrected chi connectivity index (χ1v) is 7.45. The third-order valence-electron chi connectivity index (χ3n) is 3.36. The topological polar surface area (TPSA) is 39.1 Å². The lowest BCUT2D eigenvalue weighted by Crippen LogP contribution is -2.19. The SMILES string of the molecule is Cc1ccc(OCc2nccn2C)c(CNCC(C)C)c1. The lowest BCUT2D eigenvalue weighted by molar-refractivity contribution is 0.288. The Morgan fingerprint density at radius 3 is 2.81 bits per heavy atom. The fourth-order valence-electron chi connectivity index (χ4n) is 2.16. The second kappa shape index (κ2) is 7.27. The predicted octanol–water partition coefficient (Wildman–Crippen LogP) is 3.05. The highest BCUT2D eigenvalue weighted by molar-refractivity contribution is 5.36. The molecule has 4 heteroatoms. The number of benzene rings is 1. The van der Waals surface area contributed by atoms with Crippen molar-refractivity contribution >= 4 is 0 Å². The van der Waals surface area contributed by atoms with Crippen molar-refractivity contribution in [1.29, 1.82) is 0 Å². The molecule has 0 amide bonds. The van der Waals surface area contributed by atoms with Crippen LogP contribution < -0.4 is 10.1 Å². The molecular weight excluding hydrogens is 262 g/mol. The molecule has 0 aliphatic carbocycles. The van der Waals surface area contributed by atoms with Crippen LogP contribution in [0.4, 0.5) is 0 Å². The summed E-state index contributed by atoms with van der Waals surface area (Å²) in [4.78, 5) is 4.29. The summed E-state index contributed by atoms with van der Waals surface area (Å²) in [6.07, 6.45) is 3.72. The number of aromatic nitrogens is 2. The lowest BCUT2D eigenvalue weighted by Gasteiger charge is -2.14. The van der Waals surface area contributed by atoms with Crippen LogP contribution in [0.15, 0.2) is 30.6 Å². The third-order valence-corrected chi connectivity index (χ3v) is 3.36. The molecule has 1 aromatic heterocycles. The molecule has 0 aliphatic rings. The largest absolute Gasteiger partial charge is 0.485 e. The van der Waals surface area contributed by atoms with Crippen molar-refractivity contribution in [1.82, 2.24) is 14.9 Å². The number of ether oxygens (including phenoxy) is 1. The highest BCUT2D eigenvalue weighted by Crippen LogP contribution is 2.21. The first kappa shape index (κ1) is 15.6. The van der Waals surface area contributed by atoms with E-state index in [4.69, 9.17) is 4.74 Å². The molecule has 0 atom stereocenters. The summed E-state index contributed by atoms with van der Waals surface area (Å²) in [5.41, 5.74) is 2.45. The van der Waals surface area contributed by atoms with Gasteiger partial charge in [-0.2, -0.15) is 0 Å². The van der Waals surface area contributed by atoms with Gasteiger partial charge in [0.2, 0.25) is 0 Å². The average Bonchev–Trinajstić information content (AvgIpc) is 2.83. The summed E-state index contributed by atoms with van der Waals surface area (Å²) in [5, 5.41) is 3.47. The number of nitrogens with zero attached hydrogens (tertiary/aromatic N) is 2. The van der Waals surface area contributed by atoms with Crippen molar-refractivity contribution in [2.75, 3.05) is 6.54 Å². The molecule has 0 saturated carbocycles. The Labute approximate surface area is 127 Å². The molecule has 114 valence electrons. The maximum absolute atomic E-state index is 5.95. The van der Waals surface area contributed by atoms with E-state index >= 15 is 0 Å². The van der Waals surface area contributed by atoms with Crippen molar-refractivity contribution in [3.8, 4) is 5.75 Å². The van der Waals surface area contributed by atoms with Gasteiger partial charge in [0.25, 0.3) is 0 Å².